The first-order valence-corrected chi connectivity index (χ1v) is 10.1. The molecule has 150 valence electrons. The van der Waals surface area contributed by atoms with Crippen LogP contribution in [0.1, 0.15) is 49.5 Å². The van der Waals surface area contributed by atoms with Crippen LogP contribution in [-0.2, 0) is 6.42 Å². The molecule has 0 radical (unpaired) electrons. The highest BCUT2D eigenvalue weighted by molar-refractivity contribution is 5.94. The molecule has 3 N–H and O–H groups in total. The summed E-state index contributed by atoms with van der Waals surface area (Å²) in [6.07, 6.45) is 3.11. The standard InChI is InChI=1S/C21H35N5O/c1-5-23-21(25-19-10-13-26(14-11-19)16(2)3)24-12-9-17-7-6-8-18(15-17)20(27)22-4/h6-8,15-16,19H,5,9-14H2,1-4H3,(H,22,27)(H2,23,24,25). The normalized spacial score (nSPS) is 16.4. The lowest BCUT2D eigenvalue weighted by atomic mass is 10.0. The van der Waals surface area contributed by atoms with E-state index in [1.54, 1.807) is 7.05 Å². The molecule has 6 heteroatoms. The van der Waals surface area contributed by atoms with Crippen molar-refractivity contribution < 1.29 is 4.79 Å². The van der Waals surface area contributed by atoms with E-state index in [1.807, 2.05) is 24.3 Å². The summed E-state index contributed by atoms with van der Waals surface area (Å²) in [5, 5.41) is 9.60. The van der Waals surface area contributed by atoms with Crippen molar-refractivity contribution in [3.05, 3.63) is 35.4 Å². The Labute approximate surface area is 163 Å². The van der Waals surface area contributed by atoms with Crippen LogP contribution in [0.15, 0.2) is 29.3 Å². The van der Waals surface area contributed by atoms with Crippen molar-refractivity contribution in [2.24, 2.45) is 4.99 Å². The molecule has 1 fully saturated rings. The van der Waals surface area contributed by atoms with Crippen LogP contribution >= 0.6 is 0 Å². The molecule has 1 heterocycles. The van der Waals surface area contributed by atoms with Crippen LogP contribution in [0, 0.1) is 0 Å². The summed E-state index contributed by atoms with van der Waals surface area (Å²) in [7, 11) is 1.65. The largest absolute Gasteiger partial charge is 0.357 e. The predicted octanol–water partition coefficient (Wildman–Crippen LogP) is 2.02. The van der Waals surface area contributed by atoms with Crippen LogP contribution in [0.3, 0.4) is 0 Å². The number of rotatable bonds is 7. The van der Waals surface area contributed by atoms with E-state index in [1.165, 1.54) is 0 Å². The zero-order valence-electron chi connectivity index (χ0n) is 17.2. The average Bonchev–Trinajstić information content (AvgIpc) is 2.68. The molecule has 2 rings (SSSR count). The number of carbonyl (C=O) groups excluding carboxylic acids is 1. The van der Waals surface area contributed by atoms with E-state index in [0.29, 0.717) is 24.2 Å². The van der Waals surface area contributed by atoms with E-state index in [-0.39, 0.29) is 5.91 Å². The maximum Gasteiger partial charge on any atom is 0.251 e. The Morgan fingerprint density at radius 2 is 2.04 bits per heavy atom. The van der Waals surface area contributed by atoms with Crippen molar-refractivity contribution in [2.75, 3.05) is 33.2 Å². The number of piperidine rings is 1. The van der Waals surface area contributed by atoms with Crippen LogP contribution in [0.4, 0.5) is 0 Å². The number of nitrogens with zero attached hydrogens (tertiary/aromatic N) is 2. The van der Waals surface area contributed by atoms with Gasteiger partial charge < -0.3 is 20.9 Å². The maximum atomic E-state index is 11.8. The van der Waals surface area contributed by atoms with Crippen molar-refractivity contribution in [1.82, 2.24) is 20.9 Å². The van der Waals surface area contributed by atoms with Crippen molar-refractivity contribution in [3.63, 3.8) is 0 Å². The quantitative estimate of drug-likeness (QED) is 0.505. The zero-order valence-corrected chi connectivity index (χ0v) is 17.2. The summed E-state index contributed by atoms with van der Waals surface area (Å²) in [6, 6.07) is 8.85. The van der Waals surface area contributed by atoms with Crippen molar-refractivity contribution in [1.29, 1.82) is 0 Å². The molecule has 0 saturated carbocycles. The summed E-state index contributed by atoms with van der Waals surface area (Å²) in [4.78, 5) is 19.0. The molecule has 1 amide bonds. The summed E-state index contributed by atoms with van der Waals surface area (Å²) < 4.78 is 0. The van der Waals surface area contributed by atoms with Gasteiger partial charge >= 0.3 is 0 Å². The Bertz CT molecular complexity index is 621. The molecule has 27 heavy (non-hydrogen) atoms. The number of carbonyl (C=O) groups is 1. The summed E-state index contributed by atoms with van der Waals surface area (Å²) in [6.45, 7) is 10.4. The Hall–Kier alpha value is -2.08. The van der Waals surface area contributed by atoms with Gasteiger partial charge in [0.25, 0.3) is 5.91 Å². The molecule has 0 bridgehead atoms. The Morgan fingerprint density at radius 3 is 2.67 bits per heavy atom. The van der Waals surface area contributed by atoms with Gasteiger partial charge in [0, 0.05) is 50.9 Å². The molecular formula is C21H35N5O. The Morgan fingerprint density at radius 1 is 1.30 bits per heavy atom. The topological polar surface area (TPSA) is 68.8 Å². The molecule has 1 aliphatic heterocycles. The van der Waals surface area contributed by atoms with Gasteiger partial charge in [0.15, 0.2) is 5.96 Å². The van der Waals surface area contributed by atoms with Gasteiger partial charge in [-0.15, -0.1) is 0 Å². The molecule has 1 saturated heterocycles. The van der Waals surface area contributed by atoms with Gasteiger partial charge in [0.05, 0.1) is 0 Å². The molecule has 0 aliphatic carbocycles. The molecular weight excluding hydrogens is 338 g/mol. The predicted molar refractivity (Wildman–Crippen MR) is 112 cm³/mol. The summed E-state index contributed by atoms with van der Waals surface area (Å²) in [5.41, 5.74) is 1.82. The number of aliphatic imine (C=N–C) groups is 1. The average molecular weight is 374 g/mol. The van der Waals surface area contributed by atoms with Gasteiger partial charge in [0.1, 0.15) is 0 Å². The number of nitrogens with one attached hydrogen (secondary N) is 3. The molecule has 0 aromatic heterocycles. The van der Waals surface area contributed by atoms with Crippen LogP contribution < -0.4 is 16.0 Å². The second-order valence-corrected chi connectivity index (χ2v) is 7.34. The molecule has 1 aliphatic rings. The number of benzene rings is 1. The van der Waals surface area contributed by atoms with E-state index in [2.05, 4.69) is 41.6 Å². The minimum Gasteiger partial charge on any atom is -0.357 e. The van der Waals surface area contributed by atoms with E-state index in [4.69, 9.17) is 4.99 Å². The van der Waals surface area contributed by atoms with Crippen molar-refractivity contribution in [2.45, 2.75) is 52.1 Å². The highest BCUT2D eigenvalue weighted by Crippen LogP contribution is 2.13. The molecule has 6 nitrogen and oxygen atoms in total. The van der Waals surface area contributed by atoms with Gasteiger partial charge in [0.2, 0.25) is 0 Å². The highest BCUT2D eigenvalue weighted by atomic mass is 16.1. The van der Waals surface area contributed by atoms with Crippen LogP contribution in [0.25, 0.3) is 0 Å². The third-order valence-electron chi connectivity index (χ3n) is 5.03. The fraction of sp³-hybridized carbons (Fsp3) is 0.619. The fourth-order valence-electron chi connectivity index (χ4n) is 3.38. The second-order valence-electron chi connectivity index (χ2n) is 7.34. The number of guanidine groups is 1. The van der Waals surface area contributed by atoms with Crippen molar-refractivity contribution >= 4 is 11.9 Å². The summed E-state index contributed by atoms with van der Waals surface area (Å²) in [5.74, 6) is 0.839. The van der Waals surface area contributed by atoms with E-state index in [0.717, 1.165) is 50.4 Å². The minimum atomic E-state index is -0.0527. The molecule has 0 unspecified atom stereocenters. The number of hydrogen-bond donors (Lipinski definition) is 3. The lowest BCUT2D eigenvalue weighted by molar-refractivity contribution is 0.0963. The lowest BCUT2D eigenvalue weighted by Crippen LogP contribution is -2.49. The summed E-state index contributed by atoms with van der Waals surface area (Å²) >= 11 is 0. The van der Waals surface area contributed by atoms with E-state index >= 15 is 0 Å². The zero-order chi connectivity index (χ0) is 19.6. The second kappa shape index (κ2) is 10.9. The Kier molecular flexibility index (Phi) is 8.58. The van der Waals surface area contributed by atoms with Crippen molar-refractivity contribution in [3.8, 4) is 0 Å². The first-order valence-electron chi connectivity index (χ1n) is 10.1. The third kappa shape index (κ3) is 6.86. The van der Waals surface area contributed by atoms with Gasteiger partial charge in [-0.05, 0) is 57.7 Å². The Balaban J connectivity index is 1.87. The smallest absolute Gasteiger partial charge is 0.251 e. The van der Waals surface area contributed by atoms with Crippen LogP contribution in [0.5, 0.6) is 0 Å². The van der Waals surface area contributed by atoms with Crippen LogP contribution in [0.2, 0.25) is 0 Å². The first kappa shape index (κ1) is 21.2. The highest BCUT2D eigenvalue weighted by Gasteiger charge is 2.21. The van der Waals surface area contributed by atoms with Gasteiger partial charge in [-0.25, -0.2) is 0 Å². The van der Waals surface area contributed by atoms with Gasteiger partial charge in [-0.3, -0.25) is 9.79 Å². The van der Waals surface area contributed by atoms with Crippen LogP contribution in [-0.4, -0.2) is 62.1 Å². The maximum absolute atomic E-state index is 11.8. The monoisotopic (exact) mass is 373 g/mol. The van der Waals surface area contributed by atoms with Gasteiger partial charge in [-0.2, -0.15) is 0 Å². The minimum absolute atomic E-state index is 0.0527. The first-order chi connectivity index (χ1) is 13.0. The van der Waals surface area contributed by atoms with E-state index < -0.39 is 0 Å². The van der Waals surface area contributed by atoms with Gasteiger partial charge in [-0.1, -0.05) is 12.1 Å². The number of amides is 1. The molecule has 1 aromatic rings. The third-order valence-corrected chi connectivity index (χ3v) is 5.03. The van der Waals surface area contributed by atoms with E-state index in [9.17, 15) is 4.79 Å². The molecule has 0 spiro atoms. The molecule has 1 aromatic carbocycles. The molecule has 0 atom stereocenters. The fourth-order valence-corrected chi connectivity index (χ4v) is 3.38. The SMILES string of the molecule is CCNC(=NCCc1cccc(C(=O)NC)c1)NC1CCN(C(C)C)CC1. The number of likely N-dealkylation sites (tertiary alicyclic amines) is 1. The number of hydrogen-bond acceptors (Lipinski definition) is 3. The lowest BCUT2D eigenvalue weighted by Gasteiger charge is -2.35.